The van der Waals surface area contributed by atoms with Crippen LogP contribution in [0.25, 0.3) is 0 Å². The topological polar surface area (TPSA) is 15.3 Å². The van der Waals surface area contributed by atoms with E-state index in [2.05, 4.69) is 5.32 Å². The highest BCUT2D eigenvalue weighted by Gasteiger charge is 2.35. The Bertz CT molecular complexity index is 222. The zero-order valence-electron chi connectivity index (χ0n) is 10.7. The van der Waals surface area contributed by atoms with E-state index in [0.717, 1.165) is 25.9 Å². The molecule has 0 aromatic heterocycles. The summed E-state index contributed by atoms with van der Waals surface area (Å²) in [5, 5.41) is 3.18. The summed E-state index contributed by atoms with van der Waals surface area (Å²) in [5.74, 6) is 0. The zero-order chi connectivity index (χ0) is 12.9. The second-order valence-corrected chi connectivity index (χ2v) is 5.34. The quantitative estimate of drug-likeness (QED) is 0.782. The van der Waals surface area contributed by atoms with Crippen LogP contribution >= 0.6 is 0 Å². The Morgan fingerprint density at radius 1 is 1.24 bits per heavy atom. The van der Waals surface area contributed by atoms with Gasteiger partial charge >= 0.3 is 6.18 Å². The van der Waals surface area contributed by atoms with E-state index in [1.807, 2.05) is 11.9 Å². The normalized spacial score (nSPS) is 20.1. The van der Waals surface area contributed by atoms with E-state index in [1.165, 1.54) is 12.8 Å². The van der Waals surface area contributed by atoms with Crippen LogP contribution in [0, 0.1) is 5.41 Å². The summed E-state index contributed by atoms with van der Waals surface area (Å²) in [6.45, 7) is 1.78. The Kier molecular flexibility index (Phi) is 5.25. The molecule has 0 atom stereocenters. The molecule has 5 heteroatoms. The summed E-state index contributed by atoms with van der Waals surface area (Å²) < 4.78 is 36.4. The molecule has 0 radical (unpaired) electrons. The molecule has 0 aromatic rings. The van der Waals surface area contributed by atoms with Crippen LogP contribution in [0.4, 0.5) is 13.2 Å². The molecule has 1 fully saturated rings. The van der Waals surface area contributed by atoms with Crippen LogP contribution in [0.15, 0.2) is 0 Å². The molecule has 0 aliphatic heterocycles. The van der Waals surface area contributed by atoms with E-state index in [0.29, 0.717) is 0 Å². The molecule has 1 N–H and O–H groups in total. The highest BCUT2D eigenvalue weighted by Crippen LogP contribution is 2.38. The molecule has 0 saturated heterocycles. The number of hydrogen-bond acceptors (Lipinski definition) is 2. The first-order valence-electron chi connectivity index (χ1n) is 6.27. The van der Waals surface area contributed by atoms with Crippen LogP contribution in [0.5, 0.6) is 0 Å². The van der Waals surface area contributed by atoms with Gasteiger partial charge in [-0.2, -0.15) is 13.2 Å². The first-order valence-corrected chi connectivity index (χ1v) is 6.27. The Morgan fingerprint density at radius 2 is 1.82 bits per heavy atom. The molecular formula is C12H23F3N2. The van der Waals surface area contributed by atoms with Crippen LogP contribution < -0.4 is 5.32 Å². The van der Waals surface area contributed by atoms with E-state index in [4.69, 9.17) is 0 Å². The number of rotatable bonds is 6. The van der Waals surface area contributed by atoms with E-state index in [-0.39, 0.29) is 12.0 Å². The Balaban J connectivity index is 2.39. The van der Waals surface area contributed by atoms with Gasteiger partial charge in [0.15, 0.2) is 0 Å². The van der Waals surface area contributed by atoms with Gasteiger partial charge in [-0.3, -0.25) is 0 Å². The molecular weight excluding hydrogens is 229 g/mol. The van der Waals surface area contributed by atoms with Crippen LogP contribution in [0.1, 0.15) is 32.1 Å². The van der Waals surface area contributed by atoms with Crippen molar-refractivity contribution < 1.29 is 13.2 Å². The number of halogens is 3. The standard InChI is InChI=1S/C12H23F3N2/c1-16-9-11(5-3-4-6-11)10-17(2)8-7-12(13,14)15/h16H,3-10H2,1-2H3. The van der Waals surface area contributed by atoms with Crippen molar-refractivity contribution in [3.8, 4) is 0 Å². The lowest BCUT2D eigenvalue weighted by Crippen LogP contribution is -2.41. The van der Waals surface area contributed by atoms with Gasteiger partial charge in [0.05, 0.1) is 6.42 Å². The minimum Gasteiger partial charge on any atom is -0.319 e. The maximum atomic E-state index is 12.1. The van der Waals surface area contributed by atoms with E-state index >= 15 is 0 Å². The number of alkyl halides is 3. The number of hydrogen-bond donors (Lipinski definition) is 1. The van der Waals surface area contributed by atoms with Gasteiger partial charge in [-0.25, -0.2) is 0 Å². The predicted molar refractivity (Wildman–Crippen MR) is 63.0 cm³/mol. The Hall–Kier alpha value is -0.290. The fraction of sp³-hybridized carbons (Fsp3) is 1.00. The van der Waals surface area contributed by atoms with E-state index in [9.17, 15) is 13.2 Å². The molecule has 1 saturated carbocycles. The van der Waals surface area contributed by atoms with E-state index in [1.54, 1.807) is 7.05 Å². The van der Waals surface area contributed by atoms with Gasteiger partial charge in [-0.1, -0.05) is 12.8 Å². The third kappa shape index (κ3) is 5.25. The van der Waals surface area contributed by atoms with Crippen molar-refractivity contribution in [2.45, 2.75) is 38.3 Å². The molecule has 2 nitrogen and oxygen atoms in total. The summed E-state index contributed by atoms with van der Waals surface area (Å²) in [5.41, 5.74) is 0.190. The van der Waals surface area contributed by atoms with Crippen LogP contribution in [-0.4, -0.2) is 44.8 Å². The molecule has 1 aliphatic rings. The smallest absolute Gasteiger partial charge is 0.319 e. The third-order valence-electron chi connectivity index (χ3n) is 3.60. The van der Waals surface area contributed by atoms with Crippen LogP contribution in [0.2, 0.25) is 0 Å². The largest absolute Gasteiger partial charge is 0.390 e. The average molecular weight is 252 g/mol. The zero-order valence-corrected chi connectivity index (χ0v) is 10.7. The van der Waals surface area contributed by atoms with Crippen molar-refractivity contribution >= 4 is 0 Å². The second-order valence-electron chi connectivity index (χ2n) is 5.34. The number of nitrogens with one attached hydrogen (secondary N) is 1. The van der Waals surface area contributed by atoms with Crippen molar-refractivity contribution in [1.82, 2.24) is 10.2 Å². The monoisotopic (exact) mass is 252 g/mol. The lowest BCUT2D eigenvalue weighted by atomic mass is 9.85. The van der Waals surface area contributed by atoms with Gasteiger partial charge in [0.1, 0.15) is 0 Å². The minimum absolute atomic E-state index is 0.106. The van der Waals surface area contributed by atoms with Crippen LogP contribution in [0.3, 0.4) is 0 Å². The van der Waals surface area contributed by atoms with Gasteiger partial charge < -0.3 is 10.2 Å². The molecule has 0 heterocycles. The minimum atomic E-state index is -4.04. The molecule has 17 heavy (non-hydrogen) atoms. The van der Waals surface area contributed by atoms with Gasteiger partial charge in [0, 0.05) is 19.6 Å². The van der Waals surface area contributed by atoms with Crippen LogP contribution in [-0.2, 0) is 0 Å². The molecule has 1 rings (SSSR count). The molecule has 0 amide bonds. The van der Waals surface area contributed by atoms with Crippen molar-refractivity contribution in [2.75, 3.05) is 33.7 Å². The molecule has 0 spiro atoms. The maximum absolute atomic E-state index is 12.1. The summed E-state index contributed by atoms with van der Waals surface area (Å²) in [7, 11) is 3.71. The van der Waals surface area contributed by atoms with Gasteiger partial charge in [-0.15, -0.1) is 0 Å². The SMILES string of the molecule is CNCC1(CN(C)CCC(F)(F)F)CCCC1. The molecule has 0 aromatic carbocycles. The first-order chi connectivity index (χ1) is 7.87. The summed E-state index contributed by atoms with van der Waals surface area (Å²) in [6.07, 6.45) is -0.0861. The van der Waals surface area contributed by atoms with E-state index < -0.39 is 12.6 Å². The van der Waals surface area contributed by atoms with Gasteiger partial charge in [-0.05, 0) is 32.4 Å². The molecule has 0 bridgehead atoms. The summed E-state index contributed by atoms with van der Waals surface area (Å²) >= 11 is 0. The predicted octanol–water partition coefficient (Wildman–Crippen LogP) is 2.65. The fourth-order valence-corrected chi connectivity index (χ4v) is 2.86. The molecule has 0 unspecified atom stereocenters. The van der Waals surface area contributed by atoms with Gasteiger partial charge in [0.25, 0.3) is 0 Å². The Labute approximate surface area is 102 Å². The lowest BCUT2D eigenvalue weighted by molar-refractivity contribution is -0.138. The lowest BCUT2D eigenvalue weighted by Gasteiger charge is -2.33. The maximum Gasteiger partial charge on any atom is 0.390 e. The second kappa shape index (κ2) is 6.05. The summed E-state index contributed by atoms with van der Waals surface area (Å²) in [4.78, 5) is 1.83. The number of nitrogens with zero attached hydrogens (tertiary/aromatic N) is 1. The van der Waals surface area contributed by atoms with Crippen molar-refractivity contribution in [1.29, 1.82) is 0 Å². The van der Waals surface area contributed by atoms with Crippen molar-refractivity contribution in [3.63, 3.8) is 0 Å². The Morgan fingerprint density at radius 3 is 2.29 bits per heavy atom. The summed E-state index contributed by atoms with van der Waals surface area (Å²) in [6, 6.07) is 0. The van der Waals surface area contributed by atoms with Crippen molar-refractivity contribution in [2.24, 2.45) is 5.41 Å². The molecule has 102 valence electrons. The fourth-order valence-electron chi connectivity index (χ4n) is 2.86. The third-order valence-corrected chi connectivity index (χ3v) is 3.60. The average Bonchev–Trinajstić information content (AvgIpc) is 2.63. The van der Waals surface area contributed by atoms with Crippen molar-refractivity contribution in [3.05, 3.63) is 0 Å². The molecule has 1 aliphatic carbocycles. The first kappa shape index (κ1) is 14.8. The highest BCUT2D eigenvalue weighted by molar-refractivity contribution is 4.88. The highest BCUT2D eigenvalue weighted by atomic mass is 19.4. The van der Waals surface area contributed by atoms with Gasteiger partial charge in [0.2, 0.25) is 0 Å².